The zero-order valence-corrected chi connectivity index (χ0v) is 18.1. The van der Waals surface area contributed by atoms with Gasteiger partial charge in [0.1, 0.15) is 10.6 Å². The first kappa shape index (κ1) is 20.9. The van der Waals surface area contributed by atoms with Crippen molar-refractivity contribution < 1.29 is 22.1 Å². The monoisotopic (exact) mass is 475 g/mol. The van der Waals surface area contributed by atoms with Crippen LogP contribution in [0.15, 0.2) is 81.1 Å². The van der Waals surface area contributed by atoms with Crippen LogP contribution in [0.3, 0.4) is 0 Å². The van der Waals surface area contributed by atoms with Gasteiger partial charge >= 0.3 is 10.1 Å². The molecule has 0 N–H and O–H groups in total. The summed E-state index contributed by atoms with van der Waals surface area (Å²) in [7, 11) is -0.959. The molecule has 0 fully saturated rings. The van der Waals surface area contributed by atoms with Crippen LogP contribution >= 0.6 is 15.9 Å². The number of nitrogens with zero attached hydrogens (tertiary/aromatic N) is 1. The fourth-order valence-corrected chi connectivity index (χ4v) is 4.08. The van der Waals surface area contributed by atoms with E-state index < -0.39 is 10.1 Å². The zero-order valence-electron chi connectivity index (χ0n) is 15.7. The molecule has 0 aromatic heterocycles. The predicted molar refractivity (Wildman–Crippen MR) is 115 cm³/mol. The van der Waals surface area contributed by atoms with Gasteiger partial charge < -0.3 is 13.7 Å². The Bertz CT molecular complexity index is 1110. The van der Waals surface area contributed by atoms with Crippen LogP contribution in [0.2, 0.25) is 0 Å². The number of aliphatic imine (C=N–C) groups is 1. The minimum absolute atomic E-state index is 0.0547. The second kappa shape index (κ2) is 9.11. The van der Waals surface area contributed by atoms with E-state index in [2.05, 4.69) is 20.9 Å². The number of halogens is 1. The van der Waals surface area contributed by atoms with Crippen molar-refractivity contribution in [3.63, 3.8) is 0 Å². The highest BCUT2D eigenvalue weighted by Crippen LogP contribution is 2.38. The highest BCUT2D eigenvalue weighted by molar-refractivity contribution is 9.10. The standard InChI is InChI=1S/C21H18BrNO5S/c1-26-17-10-8-16(9-11-17)23-14-15-12-19(22)21(20(13-15)27-2)28-29(24,25)18-6-4-3-5-7-18/h3-14H,1-2H3. The number of rotatable bonds is 7. The predicted octanol–water partition coefficient (Wildman–Crippen LogP) is 4.98. The highest BCUT2D eigenvalue weighted by atomic mass is 79.9. The Morgan fingerprint density at radius 1 is 0.931 bits per heavy atom. The minimum Gasteiger partial charge on any atom is -0.497 e. The van der Waals surface area contributed by atoms with Crippen molar-refractivity contribution in [1.82, 2.24) is 0 Å². The summed E-state index contributed by atoms with van der Waals surface area (Å²) in [5, 5.41) is 0. The highest BCUT2D eigenvalue weighted by Gasteiger charge is 2.21. The molecule has 0 bridgehead atoms. The maximum atomic E-state index is 12.5. The zero-order chi connectivity index (χ0) is 20.9. The first-order chi connectivity index (χ1) is 13.9. The van der Waals surface area contributed by atoms with Gasteiger partial charge in [0.05, 0.1) is 24.4 Å². The largest absolute Gasteiger partial charge is 0.497 e. The summed E-state index contributed by atoms with van der Waals surface area (Å²) < 4.78 is 41.3. The summed E-state index contributed by atoms with van der Waals surface area (Å²) in [6.07, 6.45) is 1.64. The Morgan fingerprint density at radius 3 is 2.24 bits per heavy atom. The number of benzene rings is 3. The lowest BCUT2D eigenvalue weighted by molar-refractivity contribution is 0.389. The van der Waals surface area contributed by atoms with E-state index >= 15 is 0 Å². The van der Waals surface area contributed by atoms with Gasteiger partial charge in [-0.2, -0.15) is 8.42 Å². The minimum atomic E-state index is -4.00. The van der Waals surface area contributed by atoms with Crippen LogP contribution in [-0.2, 0) is 10.1 Å². The van der Waals surface area contributed by atoms with Gasteiger partial charge in [0.25, 0.3) is 0 Å². The molecule has 0 heterocycles. The molecule has 29 heavy (non-hydrogen) atoms. The van der Waals surface area contributed by atoms with Gasteiger partial charge in [0.15, 0.2) is 11.5 Å². The molecule has 0 unspecified atom stereocenters. The molecule has 0 radical (unpaired) electrons. The molecular formula is C21H18BrNO5S. The van der Waals surface area contributed by atoms with Gasteiger partial charge in [-0.05, 0) is 70.0 Å². The van der Waals surface area contributed by atoms with Crippen LogP contribution in [0.25, 0.3) is 0 Å². The van der Waals surface area contributed by atoms with Crippen molar-refractivity contribution >= 4 is 38.0 Å². The molecule has 8 heteroatoms. The number of ether oxygens (including phenoxy) is 2. The lowest BCUT2D eigenvalue weighted by atomic mass is 10.2. The fraction of sp³-hybridized carbons (Fsp3) is 0.0952. The van der Waals surface area contributed by atoms with Crippen LogP contribution in [0.4, 0.5) is 5.69 Å². The van der Waals surface area contributed by atoms with Gasteiger partial charge in [0, 0.05) is 6.21 Å². The quantitative estimate of drug-likeness (QED) is 0.355. The van der Waals surface area contributed by atoms with Gasteiger partial charge in [-0.15, -0.1) is 0 Å². The van der Waals surface area contributed by atoms with Gasteiger partial charge in [-0.25, -0.2) is 0 Å². The molecule has 0 atom stereocenters. The molecule has 3 aromatic rings. The van der Waals surface area contributed by atoms with Crippen LogP contribution in [0, 0.1) is 0 Å². The van der Waals surface area contributed by atoms with E-state index in [0.29, 0.717) is 10.0 Å². The molecule has 0 aliphatic rings. The Balaban J connectivity index is 1.88. The van der Waals surface area contributed by atoms with E-state index in [4.69, 9.17) is 13.7 Å². The molecule has 0 saturated heterocycles. The molecule has 3 aromatic carbocycles. The molecule has 0 saturated carbocycles. The third-order valence-corrected chi connectivity index (χ3v) is 5.74. The van der Waals surface area contributed by atoms with Crippen LogP contribution in [0.5, 0.6) is 17.2 Å². The number of hydrogen-bond acceptors (Lipinski definition) is 6. The van der Waals surface area contributed by atoms with Crippen LogP contribution in [-0.4, -0.2) is 28.9 Å². The lowest BCUT2D eigenvalue weighted by Gasteiger charge is -2.13. The normalized spacial score (nSPS) is 11.4. The van der Waals surface area contributed by atoms with E-state index in [9.17, 15) is 8.42 Å². The van der Waals surface area contributed by atoms with E-state index in [1.165, 1.54) is 19.2 Å². The number of methoxy groups -OCH3 is 2. The van der Waals surface area contributed by atoms with Crippen molar-refractivity contribution in [1.29, 1.82) is 0 Å². The second-order valence-corrected chi connectivity index (χ2v) is 8.24. The topological polar surface area (TPSA) is 74.2 Å². The molecule has 3 rings (SSSR count). The van der Waals surface area contributed by atoms with Crippen LogP contribution < -0.4 is 13.7 Å². The summed E-state index contributed by atoms with van der Waals surface area (Å²) in [6.45, 7) is 0. The average molecular weight is 476 g/mol. The Labute approximate surface area is 178 Å². The van der Waals surface area contributed by atoms with Gasteiger partial charge in [-0.3, -0.25) is 4.99 Å². The SMILES string of the molecule is COc1ccc(N=Cc2cc(Br)c(OS(=O)(=O)c3ccccc3)c(OC)c2)cc1. The van der Waals surface area contributed by atoms with E-state index in [0.717, 1.165) is 11.4 Å². The first-order valence-corrected chi connectivity index (χ1v) is 10.7. The van der Waals surface area contributed by atoms with Crippen LogP contribution in [0.1, 0.15) is 5.56 Å². The van der Waals surface area contributed by atoms with Crippen molar-refractivity contribution in [3.8, 4) is 17.2 Å². The smallest absolute Gasteiger partial charge is 0.339 e. The Morgan fingerprint density at radius 2 is 1.62 bits per heavy atom. The molecule has 0 aliphatic heterocycles. The van der Waals surface area contributed by atoms with Crippen molar-refractivity contribution in [2.45, 2.75) is 4.90 Å². The summed E-state index contributed by atoms with van der Waals surface area (Å²) in [5.74, 6) is 1.07. The molecule has 0 amide bonds. The molecule has 150 valence electrons. The van der Waals surface area contributed by atoms with Gasteiger partial charge in [0.2, 0.25) is 0 Å². The van der Waals surface area contributed by atoms with Crippen molar-refractivity contribution in [2.24, 2.45) is 4.99 Å². The first-order valence-electron chi connectivity index (χ1n) is 8.48. The van der Waals surface area contributed by atoms with Crippen molar-refractivity contribution in [3.05, 3.63) is 76.8 Å². The Hall–Kier alpha value is -2.84. The van der Waals surface area contributed by atoms with E-state index in [1.54, 1.807) is 43.7 Å². The third-order valence-electron chi connectivity index (χ3n) is 3.91. The molecule has 0 spiro atoms. The molecule has 0 aliphatic carbocycles. The summed E-state index contributed by atoms with van der Waals surface area (Å²) >= 11 is 3.36. The maximum absolute atomic E-state index is 12.5. The summed E-state index contributed by atoms with van der Waals surface area (Å²) in [5.41, 5.74) is 1.45. The summed E-state index contributed by atoms with van der Waals surface area (Å²) in [6, 6.07) is 18.5. The Kier molecular flexibility index (Phi) is 6.56. The van der Waals surface area contributed by atoms with Gasteiger partial charge in [-0.1, -0.05) is 18.2 Å². The number of hydrogen-bond donors (Lipinski definition) is 0. The van der Waals surface area contributed by atoms with E-state index in [-0.39, 0.29) is 16.4 Å². The third kappa shape index (κ3) is 5.16. The molecular weight excluding hydrogens is 458 g/mol. The van der Waals surface area contributed by atoms with E-state index in [1.807, 2.05) is 24.3 Å². The second-order valence-electron chi connectivity index (χ2n) is 5.84. The average Bonchev–Trinajstić information content (AvgIpc) is 2.74. The lowest BCUT2D eigenvalue weighted by Crippen LogP contribution is -2.11. The van der Waals surface area contributed by atoms with Crippen molar-refractivity contribution in [2.75, 3.05) is 14.2 Å². The maximum Gasteiger partial charge on any atom is 0.339 e. The molecule has 6 nitrogen and oxygen atoms in total. The fourth-order valence-electron chi connectivity index (χ4n) is 2.46. The summed E-state index contributed by atoms with van der Waals surface area (Å²) in [4.78, 5) is 4.46.